The number of nitrogens with zero attached hydrogens (tertiary/aromatic N) is 6. The minimum atomic E-state index is -0.992. The van der Waals surface area contributed by atoms with Gasteiger partial charge in [-0.2, -0.15) is 5.10 Å². The monoisotopic (exact) mass is 794 g/mol. The van der Waals surface area contributed by atoms with Gasteiger partial charge in [-0.1, -0.05) is 35.3 Å². The minimum absolute atomic E-state index is 0.111. The quantitative estimate of drug-likeness (QED) is 0.131. The van der Waals surface area contributed by atoms with Crippen LogP contribution in [-0.4, -0.2) is 73.6 Å². The highest BCUT2D eigenvalue weighted by Gasteiger charge is 2.38. The summed E-state index contributed by atoms with van der Waals surface area (Å²) in [7, 11) is 1.88. The van der Waals surface area contributed by atoms with Crippen molar-refractivity contribution >= 4 is 62.7 Å². The van der Waals surface area contributed by atoms with Crippen molar-refractivity contribution in [1.82, 2.24) is 23.8 Å². The molecule has 3 aromatic carbocycles. The van der Waals surface area contributed by atoms with Crippen LogP contribution in [0.4, 0.5) is 5.82 Å². The van der Waals surface area contributed by atoms with Gasteiger partial charge in [-0.25, -0.2) is 4.79 Å². The summed E-state index contributed by atoms with van der Waals surface area (Å²) in [5.74, 6) is 0.379. The number of anilines is 1. The van der Waals surface area contributed by atoms with Crippen LogP contribution in [0.3, 0.4) is 0 Å². The molecule has 56 heavy (non-hydrogen) atoms. The normalized spacial score (nSPS) is 16.1. The minimum Gasteiger partial charge on any atom is -0.494 e. The topological polar surface area (TPSA) is 97.8 Å². The predicted octanol–water partition coefficient (Wildman–Crippen LogP) is 9.56. The second kappa shape index (κ2) is 15.0. The van der Waals surface area contributed by atoms with Gasteiger partial charge >= 0.3 is 5.97 Å². The largest absolute Gasteiger partial charge is 0.494 e. The second-order valence-electron chi connectivity index (χ2n) is 15.6. The van der Waals surface area contributed by atoms with E-state index in [4.69, 9.17) is 33.0 Å². The third-order valence-corrected chi connectivity index (χ3v) is 12.7. The van der Waals surface area contributed by atoms with E-state index in [9.17, 15) is 9.90 Å². The number of benzene rings is 3. The van der Waals surface area contributed by atoms with Crippen LogP contribution in [0, 0.1) is 27.7 Å². The molecule has 5 heterocycles. The van der Waals surface area contributed by atoms with Crippen molar-refractivity contribution in [3.05, 3.63) is 97.9 Å². The Hall–Kier alpha value is -4.77. The molecule has 6 aromatic rings. The Kier molecular flexibility index (Phi) is 10.2. The summed E-state index contributed by atoms with van der Waals surface area (Å²) >= 11 is 13.7. The molecular formula is C44H48Cl2N6O4. The van der Waals surface area contributed by atoms with E-state index in [-0.39, 0.29) is 17.5 Å². The fourth-order valence-corrected chi connectivity index (χ4v) is 9.37. The summed E-state index contributed by atoms with van der Waals surface area (Å²) in [5, 5.41) is 17.9. The standard InChI is InChI=1S/C44H48Cl2N6O4/c1-25-20-32(21-26(2)40(25)46)56-19-9-10-33-34-13-14-35(45)39(38-28(4)47-51(29(38)5)18-17-49-15-7-8-16-49)41(34)52-27(3)24-50(43(53)42(33)52)37-23-30-11-12-31(44(54)55)22-36(30)48(37)6/h11-14,20-23,27H,7-10,15-19,24H2,1-6H3,(H,54,55)/t27-/m1/s1. The lowest BCUT2D eigenvalue weighted by Crippen LogP contribution is -2.43. The van der Waals surface area contributed by atoms with Crippen molar-refractivity contribution in [2.45, 2.75) is 72.9 Å². The van der Waals surface area contributed by atoms with Crippen molar-refractivity contribution in [2.24, 2.45) is 7.05 Å². The Balaban J connectivity index is 1.23. The van der Waals surface area contributed by atoms with E-state index in [0.29, 0.717) is 42.5 Å². The van der Waals surface area contributed by atoms with E-state index in [2.05, 4.69) is 41.0 Å². The fourth-order valence-electron chi connectivity index (χ4n) is 9.02. The Bertz CT molecular complexity index is 2520. The molecule has 2 aliphatic rings. The fraction of sp³-hybridized carbons (Fsp3) is 0.386. The number of hydrogen-bond acceptors (Lipinski definition) is 5. The highest BCUT2D eigenvalue weighted by Crippen LogP contribution is 2.45. The molecule has 0 unspecified atom stereocenters. The van der Waals surface area contributed by atoms with Crippen LogP contribution in [0.5, 0.6) is 5.75 Å². The molecule has 0 saturated carbocycles. The molecule has 0 bridgehead atoms. The zero-order chi connectivity index (χ0) is 39.6. The number of carboxylic acid groups (broad SMARTS) is 1. The van der Waals surface area contributed by atoms with E-state index in [1.807, 2.05) is 54.6 Å². The van der Waals surface area contributed by atoms with E-state index < -0.39 is 5.97 Å². The summed E-state index contributed by atoms with van der Waals surface area (Å²) in [5.41, 5.74) is 9.30. The maximum Gasteiger partial charge on any atom is 0.335 e. The highest BCUT2D eigenvalue weighted by molar-refractivity contribution is 6.35. The lowest BCUT2D eigenvalue weighted by Gasteiger charge is -2.34. The number of hydrogen-bond donors (Lipinski definition) is 1. The zero-order valence-electron chi connectivity index (χ0n) is 32.9. The number of aryl methyl sites for hydroxylation is 5. The van der Waals surface area contributed by atoms with E-state index >= 15 is 4.79 Å². The molecule has 0 aliphatic carbocycles. The van der Waals surface area contributed by atoms with Crippen LogP contribution in [0.1, 0.15) is 81.2 Å². The summed E-state index contributed by atoms with van der Waals surface area (Å²) < 4.78 is 12.5. The first-order valence-electron chi connectivity index (χ1n) is 19.5. The van der Waals surface area contributed by atoms with Crippen molar-refractivity contribution < 1.29 is 19.4 Å². The van der Waals surface area contributed by atoms with Gasteiger partial charge in [0.15, 0.2) is 0 Å². The number of amides is 1. The number of fused-ring (bicyclic) bond motifs is 4. The molecule has 1 saturated heterocycles. The molecule has 12 heteroatoms. The number of aromatic carboxylic acids is 1. The van der Waals surface area contributed by atoms with Gasteiger partial charge in [0.2, 0.25) is 0 Å². The lowest BCUT2D eigenvalue weighted by atomic mass is 9.98. The lowest BCUT2D eigenvalue weighted by molar-refractivity contribution is 0.0696. The van der Waals surface area contributed by atoms with E-state index in [1.54, 1.807) is 18.2 Å². The molecule has 2 aliphatic heterocycles. The third-order valence-electron chi connectivity index (χ3n) is 11.8. The molecule has 0 radical (unpaired) electrons. The Morgan fingerprint density at radius 2 is 1.70 bits per heavy atom. The average molecular weight is 796 g/mol. The third kappa shape index (κ3) is 6.55. The zero-order valence-corrected chi connectivity index (χ0v) is 34.4. The van der Waals surface area contributed by atoms with E-state index in [0.717, 1.165) is 98.0 Å². The molecule has 8 rings (SSSR count). The molecule has 292 valence electrons. The maximum absolute atomic E-state index is 15.1. The van der Waals surface area contributed by atoms with Crippen LogP contribution in [0.2, 0.25) is 10.0 Å². The molecular weight excluding hydrogens is 747 g/mol. The predicted molar refractivity (Wildman–Crippen MR) is 224 cm³/mol. The van der Waals surface area contributed by atoms with Gasteiger partial charge in [0.05, 0.1) is 40.5 Å². The Morgan fingerprint density at radius 1 is 0.964 bits per heavy atom. The first-order valence-corrected chi connectivity index (χ1v) is 20.3. The van der Waals surface area contributed by atoms with Crippen LogP contribution in [0.15, 0.2) is 48.5 Å². The summed E-state index contributed by atoms with van der Waals surface area (Å²) in [6.45, 7) is 15.2. The number of carbonyl (C=O) groups is 2. The van der Waals surface area contributed by atoms with Crippen LogP contribution in [0.25, 0.3) is 32.9 Å². The Morgan fingerprint density at radius 3 is 2.41 bits per heavy atom. The summed E-state index contributed by atoms with van der Waals surface area (Å²) in [6.07, 6.45) is 3.76. The van der Waals surface area contributed by atoms with Gasteiger partial charge in [-0.05, 0) is 126 Å². The first-order chi connectivity index (χ1) is 26.8. The van der Waals surface area contributed by atoms with Gasteiger partial charge in [0, 0.05) is 58.8 Å². The van der Waals surface area contributed by atoms with Crippen molar-refractivity contribution in [3.63, 3.8) is 0 Å². The number of carbonyl (C=O) groups excluding carboxylic acids is 1. The number of rotatable bonds is 11. The Labute approximate surface area is 337 Å². The number of carboxylic acids is 1. The maximum atomic E-state index is 15.1. The molecule has 1 N–H and O–H groups in total. The first kappa shape index (κ1) is 38.1. The van der Waals surface area contributed by atoms with Crippen LogP contribution >= 0.6 is 23.2 Å². The molecule has 0 spiro atoms. The van der Waals surface area contributed by atoms with Crippen molar-refractivity contribution in [3.8, 4) is 16.9 Å². The van der Waals surface area contributed by atoms with Crippen molar-refractivity contribution in [1.29, 1.82) is 0 Å². The highest BCUT2D eigenvalue weighted by atomic mass is 35.5. The molecule has 1 fully saturated rings. The van der Waals surface area contributed by atoms with Gasteiger partial charge in [0.25, 0.3) is 5.91 Å². The summed E-state index contributed by atoms with van der Waals surface area (Å²) in [6, 6.07) is 14.9. The SMILES string of the molecule is Cc1cc(OCCCc2c3n(c4c(-c5c(C)nn(CCN6CCCC6)c5C)c(Cl)ccc24)[C@H](C)CN(c2cc4ccc(C(=O)O)cc4n2C)C3=O)cc(C)c1Cl. The smallest absolute Gasteiger partial charge is 0.335 e. The number of halogens is 2. The van der Waals surface area contributed by atoms with Crippen LogP contribution < -0.4 is 9.64 Å². The summed E-state index contributed by atoms with van der Waals surface area (Å²) in [4.78, 5) is 31.3. The van der Waals surface area contributed by atoms with Crippen LogP contribution in [-0.2, 0) is 20.0 Å². The number of likely N-dealkylation sites (tertiary alicyclic amines) is 1. The van der Waals surface area contributed by atoms with E-state index in [1.165, 1.54) is 12.8 Å². The molecule has 1 atom stereocenters. The van der Waals surface area contributed by atoms with Gasteiger partial charge in [-0.15, -0.1) is 0 Å². The average Bonchev–Trinajstić information content (AvgIpc) is 3.94. The molecule has 3 aromatic heterocycles. The molecule has 10 nitrogen and oxygen atoms in total. The van der Waals surface area contributed by atoms with Crippen molar-refractivity contribution in [2.75, 3.05) is 37.7 Å². The van der Waals surface area contributed by atoms with Gasteiger partial charge in [-0.3, -0.25) is 14.4 Å². The second-order valence-corrected chi connectivity index (χ2v) is 16.3. The molecule has 1 amide bonds. The van der Waals surface area contributed by atoms with Gasteiger partial charge < -0.3 is 23.9 Å². The number of aromatic nitrogens is 4. The van der Waals surface area contributed by atoms with Gasteiger partial charge in [0.1, 0.15) is 17.3 Å². The number of ether oxygens (including phenoxy) is 1.